The van der Waals surface area contributed by atoms with Crippen LogP contribution in [0.2, 0.25) is 5.02 Å². The fourth-order valence-corrected chi connectivity index (χ4v) is 3.00. The first-order valence-corrected chi connectivity index (χ1v) is 7.78. The minimum atomic E-state index is 0.339. The van der Waals surface area contributed by atoms with Crippen molar-refractivity contribution < 1.29 is 0 Å². The van der Waals surface area contributed by atoms with E-state index in [1.165, 1.54) is 37.8 Å². The first-order valence-electron chi connectivity index (χ1n) is 7.41. The van der Waals surface area contributed by atoms with Crippen molar-refractivity contribution in [3.8, 4) is 0 Å². The molecule has 2 N–H and O–H groups in total. The highest BCUT2D eigenvalue weighted by Crippen LogP contribution is 2.39. The highest BCUT2D eigenvalue weighted by molar-refractivity contribution is 6.31. The minimum Gasteiger partial charge on any atom is -0.329 e. The Morgan fingerprint density at radius 2 is 2.05 bits per heavy atom. The Hall–Kier alpha value is -0.570. The summed E-state index contributed by atoms with van der Waals surface area (Å²) in [5.74, 6) is 0.913. The number of nitrogens with zero attached hydrogens (tertiary/aromatic N) is 1. The molecule has 0 heterocycles. The lowest BCUT2D eigenvalue weighted by molar-refractivity contribution is 0.183. The molecule has 0 spiro atoms. The molecule has 0 aromatic heterocycles. The van der Waals surface area contributed by atoms with Gasteiger partial charge in [0, 0.05) is 30.2 Å². The second-order valence-corrected chi connectivity index (χ2v) is 6.54. The summed E-state index contributed by atoms with van der Waals surface area (Å²) in [5, 5.41) is 0.859. The molecule has 1 aromatic rings. The Kier molecular flexibility index (Phi) is 3.84. The molecule has 19 heavy (non-hydrogen) atoms. The molecular formula is C16H23ClN2. The fourth-order valence-electron chi connectivity index (χ4n) is 2.81. The van der Waals surface area contributed by atoms with Gasteiger partial charge in [0.1, 0.15) is 0 Å². The quantitative estimate of drug-likeness (QED) is 0.863. The van der Waals surface area contributed by atoms with Crippen LogP contribution < -0.4 is 5.73 Å². The Bertz CT molecular complexity index is 452. The van der Waals surface area contributed by atoms with Gasteiger partial charge in [0.25, 0.3) is 0 Å². The lowest BCUT2D eigenvalue weighted by atomic mass is 10.0. The number of hydrogen-bond acceptors (Lipinski definition) is 2. The second kappa shape index (κ2) is 5.43. The highest BCUT2D eigenvalue weighted by Gasteiger charge is 2.37. The predicted molar refractivity (Wildman–Crippen MR) is 80.4 cm³/mol. The number of benzene rings is 1. The largest absolute Gasteiger partial charge is 0.329 e. The summed E-state index contributed by atoms with van der Waals surface area (Å²) in [7, 11) is 0. The third kappa shape index (κ3) is 3.13. The van der Waals surface area contributed by atoms with E-state index in [1.807, 2.05) is 6.92 Å². The lowest BCUT2D eigenvalue weighted by Gasteiger charge is -2.31. The molecule has 1 aromatic carbocycles. The predicted octanol–water partition coefficient (Wildman–Crippen LogP) is 3.52. The summed E-state index contributed by atoms with van der Waals surface area (Å²) in [6.07, 6.45) is 5.47. The van der Waals surface area contributed by atoms with Gasteiger partial charge in [-0.1, -0.05) is 23.7 Å². The molecule has 1 atom stereocenters. The zero-order valence-corrected chi connectivity index (χ0v) is 12.4. The van der Waals surface area contributed by atoms with Gasteiger partial charge in [0.05, 0.1) is 0 Å². The standard InChI is InChI=1S/C16H23ClN2/c1-11-2-5-13(8-15(11)17)16(9-18)19(14-6-7-14)10-12-3-4-12/h2,5,8,12,14,16H,3-4,6-7,9-10,18H2,1H3. The van der Waals surface area contributed by atoms with Gasteiger partial charge in [-0.15, -0.1) is 0 Å². The van der Waals surface area contributed by atoms with Crippen LogP contribution in [0.5, 0.6) is 0 Å². The Morgan fingerprint density at radius 3 is 2.58 bits per heavy atom. The topological polar surface area (TPSA) is 29.3 Å². The molecule has 104 valence electrons. The maximum absolute atomic E-state index is 6.27. The molecular weight excluding hydrogens is 256 g/mol. The lowest BCUT2D eigenvalue weighted by Crippen LogP contribution is -2.37. The van der Waals surface area contributed by atoms with Crippen LogP contribution >= 0.6 is 11.6 Å². The molecule has 0 radical (unpaired) electrons. The van der Waals surface area contributed by atoms with Crippen LogP contribution in [0.15, 0.2) is 18.2 Å². The van der Waals surface area contributed by atoms with Crippen molar-refractivity contribution in [3.05, 3.63) is 34.3 Å². The van der Waals surface area contributed by atoms with Crippen molar-refractivity contribution in [3.63, 3.8) is 0 Å². The second-order valence-electron chi connectivity index (χ2n) is 6.13. The maximum Gasteiger partial charge on any atom is 0.0474 e. The molecule has 0 saturated heterocycles. The molecule has 0 bridgehead atoms. The van der Waals surface area contributed by atoms with Gasteiger partial charge in [0.2, 0.25) is 0 Å². The van der Waals surface area contributed by atoms with Crippen molar-refractivity contribution in [2.24, 2.45) is 11.7 Å². The third-order valence-corrected chi connectivity index (χ3v) is 4.79. The molecule has 2 fully saturated rings. The fraction of sp³-hybridized carbons (Fsp3) is 0.625. The molecule has 2 nitrogen and oxygen atoms in total. The van der Waals surface area contributed by atoms with E-state index in [2.05, 4.69) is 23.1 Å². The van der Waals surface area contributed by atoms with E-state index in [9.17, 15) is 0 Å². The third-order valence-electron chi connectivity index (χ3n) is 4.39. The van der Waals surface area contributed by atoms with Gasteiger partial charge < -0.3 is 5.73 Å². The molecule has 0 aliphatic heterocycles. The zero-order chi connectivity index (χ0) is 13.4. The van der Waals surface area contributed by atoms with Crippen molar-refractivity contribution in [1.82, 2.24) is 4.90 Å². The summed E-state index contributed by atoms with van der Waals surface area (Å²) in [4.78, 5) is 2.64. The van der Waals surface area contributed by atoms with E-state index in [-0.39, 0.29) is 0 Å². The Labute approximate surface area is 120 Å². The van der Waals surface area contributed by atoms with Crippen LogP contribution in [-0.2, 0) is 0 Å². The van der Waals surface area contributed by atoms with E-state index < -0.39 is 0 Å². The van der Waals surface area contributed by atoms with E-state index in [0.29, 0.717) is 12.6 Å². The van der Waals surface area contributed by atoms with Crippen LogP contribution in [0.4, 0.5) is 0 Å². The van der Waals surface area contributed by atoms with Crippen LogP contribution in [-0.4, -0.2) is 24.0 Å². The maximum atomic E-state index is 6.27. The van der Waals surface area contributed by atoms with Crippen molar-refractivity contribution >= 4 is 11.6 Å². The average molecular weight is 279 g/mol. The number of aryl methyl sites for hydroxylation is 1. The molecule has 3 rings (SSSR count). The van der Waals surface area contributed by atoms with E-state index in [0.717, 1.165) is 22.5 Å². The van der Waals surface area contributed by atoms with Gasteiger partial charge in [-0.2, -0.15) is 0 Å². The number of rotatable bonds is 6. The summed E-state index contributed by atoms with van der Waals surface area (Å²) >= 11 is 6.27. The molecule has 1 unspecified atom stereocenters. The van der Waals surface area contributed by atoms with Crippen molar-refractivity contribution in [2.45, 2.75) is 44.7 Å². The van der Waals surface area contributed by atoms with Gasteiger partial charge >= 0.3 is 0 Å². The Morgan fingerprint density at radius 1 is 1.32 bits per heavy atom. The smallest absolute Gasteiger partial charge is 0.0474 e. The summed E-state index contributed by atoms with van der Waals surface area (Å²) in [5.41, 5.74) is 8.49. The minimum absolute atomic E-state index is 0.339. The number of nitrogens with two attached hydrogens (primary N) is 1. The highest BCUT2D eigenvalue weighted by atomic mass is 35.5. The van der Waals surface area contributed by atoms with Crippen LogP contribution in [0.25, 0.3) is 0 Å². The van der Waals surface area contributed by atoms with Crippen molar-refractivity contribution in [2.75, 3.05) is 13.1 Å². The Balaban J connectivity index is 1.81. The number of hydrogen-bond donors (Lipinski definition) is 1. The van der Waals surface area contributed by atoms with Gasteiger partial charge in [-0.3, -0.25) is 4.90 Å². The van der Waals surface area contributed by atoms with Gasteiger partial charge in [-0.05, 0) is 55.7 Å². The first-order chi connectivity index (χ1) is 9.19. The first kappa shape index (κ1) is 13.4. The summed E-state index contributed by atoms with van der Waals surface area (Å²) in [6.45, 7) is 3.95. The van der Waals surface area contributed by atoms with Crippen LogP contribution in [0.3, 0.4) is 0 Å². The molecule has 2 aliphatic carbocycles. The van der Waals surface area contributed by atoms with Gasteiger partial charge in [0.15, 0.2) is 0 Å². The molecule has 0 amide bonds. The van der Waals surface area contributed by atoms with E-state index in [1.54, 1.807) is 0 Å². The molecule has 3 heteroatoms. The van der Waals surface area contributed by atoms with Crippen LogP contribution in [0.1, 0.15) is 42.9 Å². The van der Waals surface area contributed by atoms with Gasteiger partial charge in [-0.25, -0.2) is 0 Å². The molecule has 2 aliphatic rings. The zero-order valence-electron chi connectivity index (χ0n) is 11.6. The summed E-state index contributed by atoms with van der Waals surface area (Å²) < 4.78 is 0. The summed E-state index contributed by atoms with van der Waals surface area (Å²) in [6, 6.07) is 7.51. The molecule has 2 saturated carbocycles. The SMILES string of the molecule is Cc1ccc(C(CN)N(CC2CC2)C2CC2)cc1Cl. The van der Waals surface area contributed by atoms with E-state index in [4.69, 9.17) is 17.3 Å². The monoisotopic (exact) mass is 278 g/mol. The van der Waals surface area contributed by atoms with Crippen molar-refractivity contribution in [1.29, 1.82) is 0 Å². The van der Waals surface area contributed by atoms with Crippen LogP contribution in [0, 0.1) is 12.8 Å². The van der Waals surface area contributed by atoms with E-state index >= 15 is 0 Å². The normalized spacial score (nSPS) is 20.8. The number of halogens is 1. The average Bonchev–Trinajstić information content (AvgIpc) is 3.27.